The number of nitrogens with zero attached hydrogens (tertiary/aromatic N) is 1. The van der Waals surface area contributed by atoms with Gasteiger partial charge in [-0.1, -0.05) is 24.3 Å². The number of fused-ring (bicyclic) bond motifs is 2. The summed E-state index contributed by atoms with van der Waals surface area (Å²) in [7, 11) is -3.83. The Morgan fingerprint density at radius 3 is 2.82 bits per heavy atom. The van der Waals surface area contributed by atoms with Crippen molar-refractivity contribution < 1.29 is 22.7 Å². The van der Waals surface area contributed by atoms with Crippen molar-refractivity contribution in [1.82, 2.24) is 9.62 Å². The fourth-order valence-electron chi connectivity index (χ4n) is 5.07. The van der Waals surface area contributed by atoms with E-state index in [1.54, 1.807) is 13.0 Å². The van der Waals surface area contributed by atoms with Crippen molar-refractivity contribution in [1.29, 1.82) is 0 Å². The van der Waals surface area contributed by atoms with Gasteiger partial charge in [0.25, 0.3) is 5.91 Å². The molecule has 1 fully saturated rings. The van der Waals surface area contributed by atoms with Gasteiger partial charge < -0.3 is 15.4 Å². The van der Waals surface area contributed by atoms with Gasteiger partial charge in [0.15, 0.2) is 6.10 Å². The molecule has 0 bridgehead atoms. The van der Waals surface area contributed by atoms with E-state index in [9.17, 15) is 18.0 Å². The van der Waals surface area contributed by atoms with E-state index in [1.807, 2.05) is 12.1 Å². The molecule has 0 aromatic heterocycles. The lowest BCUT2D eigenvalue weighted by molar-refractivity contribution is -0.127. The number of piperidine rings is 1. The maximum Gasteiger partial charge on any atom is 0.265 e. The number of rotatable bonds is 4. The van der Waals surface area contributed by atoms with E-state index in [2.05, 4.69) is 22.8 Å². The predicted octanol–water partition coefficient (Wildman–Crippen LogP) is 3.00. The zero-order chi connectivity index (χ0) is 23.9. The number of carbonyl (C=O) groups is 2. The molecule has 0 radical (unpaired) electrons. The minimum Gasteiger partial charge on any atom is -0.479 e. The van der Waals surface area contributed by atoms with Crippen molar-refractivity contribution in [2.24, 2.45) is 5.92 Å². The third-order valence-electron chi connectivity index (χ3n) is 6.96. The first-order valence-electron chi connectivity index (χ1n) is 11.8. The number of hydrogen-bond donors (Lipinski definition) is 2. The van der Waals surface area contributed by atoms with Gasteiger partial charge >= 0.3 is 0 Å². The van der Waals surface area contributed by atoms with Crippen LogP contribution in [0.4, 0.5) is 5.69 Å². The Kier molecular flexibility index (Phi) is 6.07. The molecule has 34 heavy (non-hydrogen) atoms. The van der Waals surface area contributed by atoms with Crippen LogP contribution in [0.5, 0.6) is 5.75 Å². The fraction of sp³-hybridized carbons (Fsp3) is 0.440. The highest BCUT2D eigenvalue weighted by Gasteiger charge is 2.35. The Hall–Kier alpha value is -2.91. The first-order valence-corrected chi connectivity index (χ1v) is 13.3. The van der Waals surface area contributed by atoms with Gasteiger partial charge in [-0.3, -0.25) is 9.59 Å². The second-order valence-corrected chi connectivity index (χ2v) is 11.2. The summed E-state index contributed by atoms with van der Waals surface area (Å²) in [6.07, 6.45) is 3.55. The number of amides is 2. The van der Waals surface area contributed by atoms with Crippen LogP contribution in [0.1, 0.15) is 49.8 Å². The summed E-state index contributed by atoms with van der Waals surface area (Å²) in [4.78, 5) is 25.2. The number of ether oxygens (including phenoxy) is 1. The lowest BCUT2D eigenvalue weighted by atomic mass is 9.87. The van der Waals surface area contributed by atoms with Crippen molar-refractivity contribution in [3.63, 3.8) is 0 Å². The van der Waals surface area contributed by atoms with Crippen LogP contribution >= 0.6 is 0 Å². The molecule has 1 saturated heterocycles. The van der Waals surface area contributed by atoms with E-state index in [0.717, 1.165) is 24.8 Å². The molecule has 3 aliphatic rings. The quantitative estimate of drug-likeness (QED) is 0.696. The maximum atomic E-state index is 13.4. The monoisotopic (exact) mass is 483 g/mol. The normalized spacial score (nSPS) is 24.9. The summed E-state index contributed by atoms with van der Waals surface area (Å²) in [5, 5.41) is 5.88. The number of sulfonamides is 1. The van der Waals surface area contributed by atoms with Crippen LogP contribution in [0.2, 0.25) is 0 Å². The summed E-state index contributed by atoms with van der Waals surface area (Å²) in [5.41, 5.74) is 2.77. The van der Waals surface area contributed by atoms with Crippen molar-refractivity contribution in [3.05, 3.63) is 53.6 Å². The van der Waals surface area contributed by atoms with Crippen molar-refractivity contribution in [2.45, 2.75) is 56.1 Å². The Balaban J connectivity index is 1.30. The Morgan fingerprint density at radius 1 is 1.15 bits per heavy atom. The molecule has 2 heterocycles. The number of carbonyl (C=O) groups excluding carboxylic acids is 2. The first-order chi connectivity index (χ1) is 16.3. The molecule has 0 saturated carbocycles. The number of anilines is 1. The maximum absolute atomic E-state index is 13.4. The molecule has 9 heteroatoms. The molecule has 3 atom stereocenters. The Labute approximate surface area is 199 Å². The van der Waals surface area contributed by atoms with Crippen LogP contribution in [0.25, 0.3) is 0 Å². The number of hydrogen-bond acceptors (Lipinski definition) is 5. The molecular weight excluding hydrogens is 454 g/mol. The molecule has 0 unspecified atom stereocenters. The smallest absolute Gasteiger partial charge is 0.265 e. The van der Waals surface area contributed by atoms with Gasteiger partial charge in [0.1, 0.15) is 5.75 Å². The highest BCUT2D eigenvalue weighted by atomic mass is 32.2. The number of nitrogens with one attached hydrogen (secondary N) is 2. The van der Waals surface area contributed by atoms with Crippen LogP contribution in [0.15, 0.2) is 47.4 Å². The van der Waals surface area contributed by atoms with Crippen LogP contribution < -0.4 is 15.4 Å². The fourth-order valence-corrected chi connectivity index (χ4v) is 6.62. The molecule has 5 rings (SSSR count). The average Bonchev–Trinajstić information content (AvgIpc) is 2.85. The minimum atomic E-state index is -3.83. The SMILES string of the molecule is C[C@@H]1Oc2ccc(S(=O)(=O)N3CCC[C@H](C(=O)N[C@@H]4CCCc5ccccc54)C3)cc2NC1=O. The van der Waals surface area contributed by atoms with Gasteiger partial charge in [-0.15, -0.1) is 0 Å². The van der Waals surface area contributed by atoms with Gasteiger partial charge in [0, 0.05) is 13.1 Å². The molecule has 2 aromatic carbocycles. The summed E-state index contributed by atoms with van der Waals surface area (Å²) in [5.74, 6) is -0.378. The molecule has 2 N–H and O–H groups in total. The summed E-state index contributed by atoms with van der Waals surface area (Å²) in [6, 6.07) is 12.6. The van der Waals surface area contributed by atoms with Gasteiger partial charge in [-0.25, -0.2) is 8.42 Å². The predicted molar refractivity (Wildman–Crippen MR) is 127 cm³/mol. The van der Waals surface area contributed by atoms with Crippen molar-refractivity contribution >= 4 is 27.5 Å². The molecular formula is C25H29N3O5S. The van der Waals surface area contributed by atoms with Crippen LogP contribution in [0.3, 0.4) is 0 Å². The summed E-state index contributed by atoms with van der Waals surface area (Å²) >= 11 is 0. The summed E-state index contributed by atoms with van der Waals surface area (Å²) < 4.78 is 33.7. The Morgan fingerprint density at radius 2 is 1.97 bits per heavy atom. The standard InChI is InChI=1S/C25H29N3O5S/c1-16-24(29)27-22-14-19(11-12-23(22)33-16)34(31,32)28-13-5-8-18(15-28)25(30)26-21-10-4-7-17-6-2-3-9-20(17)21/h2-3,6,9,11-12,14,16,18,21H,4-5,7-8,10,13,15H2,1H3,(H,26,30)(H,27,29)/t16-,18-,21+/m0/s1. The summed E-state index contributed by atoms with van der Waals surface area (Å²) in [6.45, 7) is 2.13. The molecule has 2 aliphatic heterocycles. The van der Waals surface area contributed by atoms with E-state index in [-0.39, 0.29) is 29.3 Å². The molecule has 2 amide bonds. The lowest BCUT2D eigenvalue weighted by Crippen LogP contribution is -2.46. The number of benzene rings is 2. The molecule has 8 nitrogen and oxygen atoms in total. The van der Waals surface area contributed by atoms with Gasteiger partial charge in [0.05, 0.1) is 22.5 Å². The van der Waals surface area contributed by atoms with Gasteiger partial charge in [-0.05, 0) is 68.4 Å². The molecule has 2 aromatic rings. The number of aryl methyl sites for hydroxylation is 1. The van der Waals surface area contributed by atoms with Crippen molar-refractivity contribution in [2.75, 3.05) is 18.4 Å². The average molecular weight is 484 g/mol. The van der Waals surface area contributed by atoms with Crippen LogP contribution in [-0.4, -0.2) is 43.7 Å². The largest absolute Gasteiger partial charge is 0.479 e. The third kappa shape index (κ3) is 4.30. The van der Waals surface area contributed by atoms with Gasteiger partial charge in [0.2, 0.25) is 15.9 Å². The zero-order valence-electron chi connectivity index (χ0n) is 19.1. The third-order valence-corrected chi connectivity index (χ3v) is 8.82. The van der Waals surface area contributed by atoms with Crippen LogP contribution in [0, 0.1) is 5.92 Å². The topological polar surface area (TPSA) is 105 Å². The van der Waals surface area contributed by atoms with E-state index in [4.69, 9.17) is 4.74 Å². The lowest BCUT2D eigenvalue weighted by Gasteiger charge is -2.33. The molecule has 1 aliphatic carbocycles. The highest BCUT2D eigenvalue weighted by Crippen LogP contribution is 2.34. The first kappa shape index (κ1) is 22.9. The second kappa shape index (κ2) is 9.03. The minimum absolute atomic E-state index is 0.0314. The zero-order valence-corrected chi connectivity index (χ0v) is 19.9. The second-order valence-electron chi connectivity index (χ2n) is 9.26. The van der Waals surface area contributed by atoms with E-state index >= 15 is 0 Å². The van der Waals surface area contributed by atoms with Crippen LogP contribution in [-0.2, 0) is 26.0 Å². The van der Waals surface area contributed by atoms with Gasteiger partial charge in [-0.2, -0.15) is 4.31 Å². The van der Waals surface area contributed by atoms with E-state index in [1.165, 1.54) is 22.0 Å². The Bertz CT molecular complexity index is 1230. The molecule has 0 spiro atoms. The van der Waals surface area contributed by atoms with E-state index in [0.29, 0.717) is 30.8 Å². The highest BCUT2D eigenvalue weighted by molar-refractivity contribution is 7.89. The molecule has 180 valence electrons. The van der Waals surface area contributed by atoms with Crippen molar-refractivity contribution in [3.8, 4) is 5.75 Å². The van der Waals surface area contributed by atoms with E-state index < -0.39 is 22.0 Å².